The molecule has 2 bridgehead atoms. The van der Waals surface area contributed by atoms with Gasteiger partial charge in [0.15, 0.2) is 6.10 Å². The van der Waals surface area contributed by atoms with Crippen LogP contribution in [0.5, 0.6) is 0 Å². The first-order valence-electron chi connectivity index (χ1n) is 24.2. The summed E-state index contributed by atoms with van der Waals surface area (Å²) < 4.78 is 24.4. The van der Waals surface area contributed by atoms with Gasteiger partial charge in [0.25, 0.3) is 0 Å². The van der Waals surface area contributed by atoms with Crippen molar-refractivity contribution in [1.82, 2.24) is 19.7 Å². The van der Waals surface area contributed by atoms with E-state index >= 15 is 4.79 Å². The SMILES string of the molecule is CC[C@]1(O)C[C@H]2CN(CCc3c([nH]c4ccc(N5CCCCC5)cc34)[C@@](C(=O)OC)(C3C=C4C(=CC3OC)N(C)[C@H]3[C@@](O)(C(=O)OC)[C@H](OC(C)=O)[C@]5(CC)C=CCN6CC[C@]43[C@@H]65)C2)C1. The lowest BCUT2D eigenvalue weighted by molar-refractivity contribution is -0.243. The molecule has 0 amide bonds. The molecular weight excluding hydrogens is 827 g/mol. The number of allylic oxidation sites excluding steroid dienone is 1. The van der Waals surface area contributed by atoms with Gasteiger partial charge in [-0.15, -0.1) is 0 Å². The van der Waals surface area contributed by atoms with Crippen LogP contribution in [0.2, 0.25) is 0 Å². The highest BCUT2D eigenvalue weighted by Crippen LogP contribution is 2.70. The zero-order valence-corrected chi connectivity index (χ0v) is 39.4. The van der Waals surface area contributed by atoms with Crippen LogP contribution in [0.25, 0.3) is 10.9 Å². The topological polar surface area (TPSA) is 157 Å². The number of aromatic amines is 1. The third kappa shape index (κ3) is 6.18. The normalized spacial score (nSPS) is 39.7. The minimum Gasteiger partial charge on any atom is -0.468 e. The Balaban J connectivity index is 1.24. The number of esters is 3. The fourth-order valence-corrected chi connectivity index (χ4v) is 15.3. The number of nitrogens with one attached hydrogen (secondary N) is 1. The van der Waals surface area contributed by atoms with Gasteiger partial charge in [0.2, 0.25) is 5.60 Å². The van der Waals surface area contributed by atoms with Crippen LogP contribution in [0.4, 0.5) is 5.69 Å². The maximum atomic E-state index is 15.7. The van der Waals surface area contributed by atoms with Crippen LogP contribution in [0, 0.1) is 22.7 Å². The second kappa shape index (κ2) is 16.0. The lowest BCUT2D eigenvalue weighted by atomic mass is 9.47. The first-order chi connectivity index (χ1) is 31.2. The molecule has 2 aliphatic carbocycles. The molecule has 14 nitrogen and oxygen atoms in total. The van der Waals surface area contributed by atoms with Crippen molar-refractivity contribution < 1.29 is 43.5 Å². The Morgan fingerprint density at radius 2 is 1.69 bits per heavy atom. The number of aromatic nitrogens is 1. The molecule has 1 aromatic heterocycles. The number of rotatable bonds is 8. The third-order valence-electron chi connectivity index (χ3n) is 17.8. The summed E-state index contributed by atoms with van der Waals surface area (Å²) >= 11 is 0. The number of fused-ring (bicyclic) bond motifs is 6. The molecule has 352 valence electrons. The van der Waals surface area contributed by atoms with Crippen LogP contribution in [0.3, 0.4) is 0 Å². The maximum absolute atomic E-state index is 15.7. The fraction of sp³-hybridized carbons (Fsp3) is 0.667. The highest BCUT2D eigenvalue weighted by molar-refractivity contribution is 5.93. The summed E-state index contributed by atoms with van der Waals surface area (Å²) in [6, 6.07) is 5.48. The number of carbonyl (C=O) groups excluding carboxylic acids is 3. The van der Waals surface area contributed by atoms with Gasteiger partial charge in [0, 0.05) is 111 Å². The number of ether oxygens (including phenoxy) is 4. The smallest absolute Gasteiger partial charge is 0.344 e. The van der Waals surface area contributed by atoms with Crippen molar-refractivity contribution in [3.05, 3.63) is 65.0 Å². The van der Waals surface area contributed by atoms with Gasteiger partial charge in [-0.25, -0.2) is 4.79 Å². The lowest BCUT2D eigenvalue weighted by Crippen LogP contribution is -2.79. The molecule has 1 aromatic carbocycles. The number of benzene rings is 1. The molecule has 14 heteroatoms. The minimum absolute atomic E-state index is 0.0747. The Labute approximate surface area is 382 Å². The maximum Gasteiger partial charge on any atom is 0.344 e. The van der Waals surface area contributed by atoms with Crippen molar-refractivity contribution in [2.45, 2.75) is 119 Å². The molecule has 2 aromatic rings. The van der Waals surface area contributed by atoms with E-state index < -0.39 is 63.6 Å². The van der Waals surface area contributed by atoms with E-state index in [1.165, 1.54) is 33.3 Å². The van der Waals surface area contributed by atoms with E-state index in [0.717, 1.165) is 72.5 Å². The molecule has 0 radical (unpaired) electrons. The van der Waals surface area contributed by atoms with Gasteiger partial charge < -0.3 is 43.9 Å². The van der Waals surface area contributed by atoms with Crippen molar-refractivity contribution in [3.63, 3.8) is 0 Å². The van der Waals surface area contributed by atoms with E-state index in [-0.39, 0.29) is 17.9 Å². The molecule has 12 atom stereocenters. The Hall–Kier alpha value is -4.21. The molecular formula is C51H69N5O9. The number of methoxy groups -OCH3 is 3. The zero-order chi connectivity index (χ0) is 45.8. The van der Waals surface area contributed by atoms with Gasteiger partial charge in [-0.2, -0.15) is 0 Å². The second-order valence-corrected chi connectivity index (χ2v) is 20.8. The quantitative estimate of drug-likeness (QED) is 0.192. The Morgan fingerprint density at radius 1 is 0.923 bits per heavy atom. The van der Waals surface area contributed by atoms with E-state index in [0.29, 0.717) is 58.2 Å². The summed E-state index contributed by atoms with van der Waals surface area (Å²) in [5.41, 5.74) is -0.611. The third-order valence-corrected chi connectivity index (χ3v) is 17.8. The van der Waals surface area contributed by atoms with E-state index in [4.69, 9.17) is 18.9 Å². The molecule has 6 aliphatic heterocycles. The van der Waals surface area contributed by atoms with Crippen LogP contribution in [-0.2, 0) is 45.2 Å². The van der Waals surface area contributed by atoms with Gasteiger partial charge >= 0.3 is 17.9 Å². The summed E-state index contributed by atoms with van der Waals surface area (Å²) in [7, 11) is 6.33. The van der Waals surface area contributed by atoms with Gasteiger partial charge in [-0.05, 0) is 106 Å². The molecule has 5 fully saturated rings. The Morgan fingerprint density at radius 3 is 2.38 bits per heavy atom. The highest BCUT2D eigenvalue weighted by atomic mass is 16.6. The molecule has 10 rings (SSSR count). The number of anilines is 1. The fourth-order valence-electron chi connectivity index (χ4n) is 15.3. The molecule has 7 heterocycles. The summed E-state index contributed by atoms with van der Waals surface area (Å²) in [6.07, 6.45) is 13.4. The van der Waals surface area contributed by atoms with Crippen molar-refractivity contribution in [1.29, 1.82) is 0 Å². The number of nitrogens with zero attached hydrogens (tertiary/aromatic N) is 4. The van der Waals surface area contributed by atoms with Gasteiger partial charge in [-0.3, -0.25) is 19.4 Å². The predicted molar refractivity (Wildman–Crippen MR) is 245 cm³/mol. The monoisotopic (exact) mass is 896 g/mol. The highest BCUT2D eigenvalue weighted by Gasteiger charge is 2.81. The zero-order valence-electron chi connectivity index (χ0n) is 39.4. The van der Waals surface area contributed by atoms with Crippen LogP contribution in [0.1, 0.15) is 83.4 Å². The molecule has 65 heavy (non-hydrogen) atoms. The van der Waals surface area contributed by atoms with E-state index in [1.54, 1.807) is 7.11 Å². The average Bonchev–Trinajstić information content (AvgIpc) is 3.97. The van der Waals surface area contributed by atoms with Gasteiger partial charge in [0.05, 0.1) is 32.0 Å². The predicted octanol–water partition coefficient (Wildman–Crippen LogP) is 4.62. The average molecular weight is 896 g/mol. The molecule has 3 unspecified atom stereocenters. The first kappa shape index (κ1) is 44.6. The summed E-state index contributed by atoms with van der Waals surface area (Å²) in [5.74, 6) is -2.52. The summed E-state index contributed by atoms with van der Waals surface area (Å²) in [6.45, 7) is 10.8. The van der Waals surface area contributed by atoms with E-state index in [9.17, 15) is 19.8 Å². The number of H-pyrrole nitrogens is 1. The second-order valence-electron chi connectivity index (χ2n) is 20.8. The van der Waals surface area contributed by atoms with Crippen molar-refractivity contribution in [3.8, 4) is 0 Å². The number of likely N-dealkylation sites (tertiary alicyclic amines) is 1. The lowest BCUT2D eigenvalue weighted by Gasteiger charge is -2.63. The molecule has 8 aliphatic rings. The minimum atomic E-state index is -2.29. The number of likely N-dealkylation sites (N-methyl/N-ethyl adjacent to an activating group) is 1. The van der Waals surface area contributed by atoms with Crippen LogP contribution < -0.4 is 4.90 Å². The Kier molecular flexibility index (Phi) is 11.0. The van der Waals surface area contributed by atoms with Crippen LogP contribution in [-0.4, -0.2) is 157 Å². The number of carbonyl (C=O) groups is 3. The van der Waals surface area contributed by atoms with E-state index in [1.807, 2.05) is 25.8 Å². The molecule has 1 spiro atoms. The number of hydrogen-bond donors (Lipinski definition) is 3. The number of aliphatic hydroxyl groups is 2. The summed E-state index contributed by atoms with van der Waals surface area (Å²) in [5, 5.41) is 26.7. The van der Waals surface area contributed by atoms with Crippen molar-refractivity contribution in [2.75, 3.05) is 79.1 Å². The van der Waals surface area contributed by atoms with Gasteiger partial charge in [0.1, 0.15) is 5.41 Å². The van der Waals surface area contributed by atoms with Gasteiger partial charge in [-0.1, -0.05) is 32.1 Å². The molecule has 4 saturated heterocycles. The first-order valence-corrected chi connectivity index (χ1v) is 24.2. The number of piperidine rings is 2. The van der Waals surface area contributed by atoms with Crippen molar-refractivity contribution >= 4 is 34.5 Å². The van der Waals surface area contributed by atoms with Crippen LogP contribution >= 0.6 is 0 Å². The number of hydrogen-bond acceptors (Lipinski definition) is 13. The molecule has 1 saturated carbocycles. The largest absolute Gasteiger partial charge is 0.468 e. The standard InChI is InChI=1S/C51H69N5O9/c1-8-47(60)27-32-28-50(45(58)63-6,41-34(16-22-54(29-32)30-47)35-24-33(14-15-38(35)52-41)55-19-11-10-12-20-55)37-25-36-39(26-40(37)62-5)53(4)43-49(36)18-23-56-21-13-17-48(9-2,42(49)56)44(65-31(3)57)51(43,61)46(59)64-7/h13-15,17,24-26,32,37,40,42-44,52,60-61H,8-12,16,18-23,27-30H2,1-7H3/t32-,37?,40?,42+,43-,44-,47+,48-,49-,50+,51+/m1/s1. The Bertz CT molecular complexity index is 2350. The van der Waals surface area contributed by atoms with Crippen LogP contribution in [0.15, 0.2) is 53.8 Å². The summed E-state index contributed by atoms with van der Waals surface area (Å²) in [4.78, 5) is 56.5. The van der Waals surface area contributed by atoms with E-state index in [2.05, 4.69) is 62.2 Å². The molecule has 3 N–H and O–H groups in total. The van der Waals surface area contributed by atoms with Crippen molar-refractivity contribution in [2.24, 2.45) is 22.7 Å².